The number of benzene rings is 1. The Labute approximate surface area is 149 Å². The van der Waals surface area contributed by atoms with Crippen LogP contribution in [0.1, 0.15) is 76.3 Å². The van der Waals surface area contributed by atoms with E-state index in [9.17, 15) is 0 Å². The maximum absolute atomic E-state index is 2.45. The van der Waals surface area contributed by atoms with E-state index in [0.717, 1.165) is 0 Å². The van der Waals surface area contributed by atoms with Crippen molar-refractivity contribution in [3.63, 3.8) is 0 Å². The zero-order chi connectivity index (χ0) is 13.9. The van der Waals surface area contributed by atoms with Gasteiger partial charge < -0.3 is 17.0 Å². The van der Waals surface area contributed by atoms with E-state index in [0.29, 0.717) is 0 Å². The van der Waals surface area contributed by atoms with Crippen LogP contribution in [-0.2, 0) is 12.8 Å². The molecule has 0 aliphatic rings. The summed E-state index contributed by atoms with van der Waals surface area (Å²) in [6.07, 6.45) is 13.5. The summed E-state index contributed by atoms with van der Waals surface area (Å²) in [4.78, 5) is 0. The van der Waals surface area contributed by atoms with Gasteiger partial charge in [-0.3, -0.25) is 0 Å². The minimum atomic E-state index is 0. The fourth-order valence-electron chi connectivity index (χ4n) is 2.64. The van der Waals surface area contributed by atoms with E-state index in [1.54, 1.807) is 11.1 Å². The van der Waals surface area contributed by atoms with E-state index in [1.807, 2.05) is 21.7 Å². The van der Waals surface area contributed by atoms with Crippen molar-refractivity contribution in [2.45, 2.75) is 78.1 Å². The summed E-state index contributed by atoms with van der Waals surface area (Å²) in [5.41, 5.74) is 3.13. The molecule has 0 amide bonds. The molecule has 0 atom stereocenters. The molecule has 0 nitrogen and oxygen atoms in total. The van der Waals surface area contributed by atoms with Gasteiger partial charge in [0.05, 0.1) is 0 Å². The maximum atomic E-state index is 2.45. The van der Waals surface area contributed by atoms with Crippen LogP contribution < -0.4 is 20.7 Å². The Morgan fingerprint density at radius 3 is 1.55 bits per heavy atom. The average Bonchev–Trinajstić information content (AvgIpc) is 2.39. The zero-order valence-electron chi connectivity index (χ0n) is 13.4. The molecule has 0 unspecified atom stereocenters. The van der Waals surface area contributed by atoms with E-state index >= 15 is 0 Å². The van der Waals surface area contributed by atoms with Crippen LogP contribution in [-0.4, -0.2) is 21.7 Å². The van der Waals surface area contributed by atoms with Gasteiger partial charge in [0.25, 0.3) is 0 Å². The monoisotopic (exact) mass is 348 g/mol. The molecule has 0 aromatic heterocycles. The van der Waals surface area contributed by atoms with Crippen molar-refractivity contribution in [1.82, 2.24) is 0 Å². The van der Waals surface area contributed by atoms with Gasteiger partial charge in [-0.2, -0.15) is 0 Å². The predicted octanol–water partition coefficient (Wildman–Crippen LogP) is 1.73. The summed E-state index contributed by atoms with van der Waals surface area (Å²) < 4.78 is 1.47. The van der Waals surface area contributed by atoms with Crippen LogP contribution in [0.15, 0.2) is 18.2 Å². The molecule has 0 radical (unpaired) electrons. The first-order valence-corrected chi connectivity index (χ1v) is 8.91. The Balaban J connectivity index is 0.00000361. The van der Waals surface area contributed by atoms with Gasteiger partial charge in [-0.15, -0.1) is 0 Å². The van der Waals surface area contributed by atoms with Gasteiger partial charge in [-0.25, -0.2) is 0 Å². The third kappa shape index (κ3) is 9.41. The summed E-state index contributed by atoms with van der Waals surface area (Å²) in [7, 11) is 0. The molecular weight excluding hydrogens is 320 g/mol. The smallest absolute Gasteiger partial charge is 1.00 e. The molecule has 1 aromatic carbocycles. The number of halogens is 1. The van der Waals surface area contributed by atoms with Crippen LogP contribution in [0.5, 0.6) is 0 Å². The Morgan fingerprint density at radius 1 is 0.700 bits per heavy atom. The summed E-state index contributed by atoms with van der Waals surface area (Å²) in [6.45, 7) is 4.56. The first-order chi connectivity index (χ1) is 9.26. The molecule has 1 rings (SSSR count). The van der Waals surface area contributed by atoms with E-state index in [4.69, 9.17) is 0 Å². The van der Waals surface area contributed by atoms with E-state index in [1.165, 1.54) is 67.9 Å². The molecule has 0 fully saturated rings. The van der Waals surface area contributed by atoms with Gasteiger partial charge in [-0.1, -0.05) is 0 Å². The number of hydrogen-bond acceptors (Lipinski definition) is 0. The Kier molecular flexibility index (Phi) is 13.5. The molecule has 0 aliphatic carbocycles. The van der Waals surface area contributed by atoms with Crippen molar-refractivity contribution in [1.29, 1.82) is 0 Å². The van der Waals surface area contributed by atoms with Crippen LogP contribution in [0.3, 0.4) is 0 Å². The molecular formula is C18H29BrMg. The normalized spacial score (nSPS) is 10.4. The SMILES string of the molecule is CCCCCCc1c[c]([Mg+])cc(CCCCCC)c1.[Br-]. The fourth-order valence-corrected chi connectivity index (χ4v) is 3.16. The molecule has 0 bridgehead atoms. The second-order valence-corrected chi connectivity index (χ2v) is 6.60. The number of unbranched alkanes of at least 4 members (excludes halogenated alkanes) is 6. The van der Waals surface area contributed by atoms with Crippen molar-refractivity contribution < 1.29 is 17.0 Å². The van der Waals surface area contributed by atoms with E-state index in [-0.39, 0.29) is 17.0 Å². The topological polar surface area (TPSA) is 0 Å². The van der Waals surface area contributed by atoms with Gasteiger partial charge in [-0.05, 0) is 0 Å². The molecule has 1 aromatic rings. The van der Waals surface area contributed by atoms with Crippen molar-refractivity contribution in [2.75, 3.05) is 0 Å². The number of hydrogen-bond donors (Lipinski definition) is 0. The Bertz CT molecular complexity index is 319. The van der Waals surface area contributed by atoms with Crippen molar-refractivity contribution >= 4 is 25.4 Å². The molecule has 2 heteroatoms. The standard InChI is InChI=1S/C18H29.BrH.Mg/c1-3-5-7-9-12-17-14-11-15-18(16-17)13-10-8-6-4-2;;/h14-16H,3-10,12-13H2,1-2H3;1H;/q;;+1/p-1. The third-order valence-corrected chi connectivity index (χ3v) is 4.16. The number of aryl methyl sites for hydroxylation is 2. The van der Waals surface area contributed by atoms with E-state index < -0.39 is 0 Å². The molecule has 110 valence electrons. The quantitative estimate of drug-likeness (QED) is 0.446. The summed E-state index contributed by atoms with van der Waals surface area (Å²) in [5, 5.41) is 0. The van der Waals surface area contributed by atoms with Crippen LogP contribution in [0, 0.1) is 0 Å². The van der Waals surface area contributed by atoms with Crippen LogP contribution in [0.2, 0.25) is 0 Å². The van der Waals surface area contributed by atoms with Crippen LogP contribution in [0.4, 0.5) is 0 Å². The summed E-state index contributed by atoms with van der Waals surface area (Å²) in [5.74, 6) is 0. The van der Waals surface area contributed by atoms with Crippen molar-refractivity contribution in [2.24, 2.45) is 0 Å². The second-order valence-electron chi connectivity index (χ2n) is 5.78. The largest absolute Gasteiger partial charge is 1.00 e. The molecule has 0 saturated carbocycles. The minimum Gasteiger partial charge on any atom is -1.00 e. The predicted molar refractivity (Wildman–Crippen MR) is 87.5 cm³/mol. The van der Waals surface area contributed by atoms with Gasteiger partial charge in [0.1, 0.15) is 0 Å². The molecule has 0 aliphatic heterocycles. The van der Waals surface area contributed by atoms with Gasteiger partial charge in [0, 0.05) is 0 Å². The molecule has 0 spiro atoms. The van der Waals surface area contributed by atoms with Gasteiger partial charge >= 0.3 is 133 Å². The molecule has 0 N–H and O–H groups in total. The Hall–Kier alpha value is 0.466. The first-order valence-electron chi connectivity index (χ1n) is 8.21. The second kappa shape index (κ2) is 13.2. The summed E-state index contributed by atoms with van der Waals surface area (Å²) >= 11 is 2.03. The first kappa shape index (κ1) is 20.5. The molecule has 20 heavy (non-hydrogen) atoms. The third-order valence-electron chi connectivity index (χ3n) is 3.75. The molecule has 0 saturated heterocycles. The van der Waals surface area contributed by atoms with Crippen LogP contribution >= 0.6 is 0 Å². The zero-order valence-corrected chi connectivity index (χ0v) is 16.4. The molecule has 0 heterocycles. The van der Waals surface area contributed by atoms with Gasteiger partial charge in [0.2, 0.25) is 0 Å². The minimum absolute atomic E-state index is 0. The van der Waals surface area contributed by atoms with Crippen LogP contribution in [0.25, 0.3) is 0 Å². The van der Waals surface area contributed by atoms with Crippen molar-refractivity contribution in [3.8, 4) is 0 Å². The maximum Gasteiger partial charge on any atom is -1.00 e. The van der Waals surface area contributed by atoms with E-state index in [2.05, 4.69) is 32.0 Å². The summed E-state index contributed by atoms with van der Waals surface area (Å²) in [6, 6.07) is 7.23. The van der Waals surface area contributed by atoms with Crippen molar-refractivity contribution in [3.05, 3.63) is 29.3 Å². The average molecular weight is 350 g/mol. The van der Waals surface area contributed by atoms with Gasteiger partial charge in [0.15, 0.2) is 0 Å². The number of rotatable bonds is 10. The fraction of sp³-hybridized carbons (Fsp3) is 0.667. The Morgan fingerprint density at radius 2 is 1.15 bits per heavy atom.